The summed E-state index contributed by atoms with van der Waals surface area (Å²) < 4.78 is 41.7. The van der Waals surface area contributed by atoms with Crippen LogP contribution < -0.4 is 10.3 Å². The summed E-state index contributed by atoms with van der Waals surface area (Å²) in [4.78, 5) is 13.0. The summed E-state index contributed by atoms with van der Waals surface area (Å²) >= 11 is -2.17. The molecule has 1 unspecified atom stereocenters. The molecule has 0 fully saturated rings. The van der Waals surface area contributed by atoms with Crippen molar-refractivity contribution in [1.82, 2.24) is 9.78 Å². The van der Waals surface area contributed by atoms with Gasteiger partial charge in [0.25, 0.3) is 0 Å². The molecule has 0 N–H and O–H groups in total. The highest BCUT2D eigenvalue weighted by Gasteiger charge is 2.16. The topological polar surface area (TPSA) is 84.2 Å². The van der Waals surface area contributed by atoms with Gasteiger partial charge in [0.1, 0.15) is 5.82 Å². The SMILES string of the molecule is CCCOc1c(-c2ccc(CS(=O)[O-])cc2)cnn(-c2ccc(F)cc2)c1=O. The van der Waals surface area contributed by atoms with Crippen molar-refractivity contribution in [2.45, 2.75) is 19.1 Å². The van der Waals surface area contributed by atoms with E-state index in [4.69, 9.17) is 4.74 Å². The molecule has 0 saturated heterocycles. The smallest absolute Gasteiger partial charge is 0.314 e. The van der Waals surface area contributed by atoms with Crippen LogP contribution in [0, 0.1) is 5.82 Å². The quantitative estimate of drug-likeness (QED) is 0.568. The summed E-state index contributed by atoms with van der Waals surface area (Å²) in [6.45, 7) is 2.28. The zero-order valence-corrected chi connectivity index (χ0v) is 15.9. The van der Waals surface area contributed by atoms with Crippen LogP contribution in [0.3, 0.4) is 0 Å². The van der Waals surface area contributed by atoms with Gasteiger partial charge in [-0.2, -0.15) is 9.78 Å². The lowest BCUT2D eigenvalue weighted by molar-refractivity contribution is 0.312. The van der Waals surface area contributed by atoms with E-state index in [1.807, 2.05) is 6.92 Å². The van der Waals surface area contributed by atoms with Gasteiger partial charge in [-0.1, -0.05) is 42.3 Å². The molecule has 2 aromatic carbocycles. The lowest BCUT2D eigenvalue weighted by Gasteiger charge is -2.13. The molecule has 146 valence electrons. The van der Waals surface area contributed by atoms with Crippen molar-refractivity contribution < 1.29 is 17.9 Å². The third-order valence-corrected chi connectivity index (χ3v) is 4.57. The lowest BCUT2D eigenvalue weighted by Crippen LogP contribution is -2.24. The first-order chi connectivity index (χ1) is 13.5. The largest absolute Gasteiger partial charge is 0.772 e. The Morgan fingerprint density at radius 3 is 2.43 bits per heavy atom. The summed E-state index contributed by atoms with van der Waals surface area (Å²) in [7, 11) is 0. The molecule has 1 aromatic heterocycles. The van der Waals surface area contributed by atoms with E-state index >= 15 is 0 Å². The molecule has 6 nitrogen and oxygen atoms in total. The molecule has 0 bridgehead atoms. The number of halogens is 1. The number of benzene rings is 2. The number of nitrogens with zero attached hydrogens (tertiary/aromatic N) is 2. The van der Waals surface area contributed by atoms with Crippen LogP contribution in [0.15, 0.2) is 59.5 Å². The molecule has 3 aromatic rings. The molecule has 0 saturated carbocycles. The van der Waals surface area contributed by atoms with E-state index in [0.29, 0.717) is 35.4 Å². The fourth-order valence-electron chi connectivity index (χ4n) is 2.67. The first kappa shape index (κ1) is 19.9. The van der Waals surface area contributed by atoms with Crippen molar-refractivity contribution in [1.29, 1.82) is 0 Å². The summed E-state index contributed by atoms with van der Waals surface area (Å²) in [6, 6.07) is 12.2. The van der Waals surface area contributed by atoms with Crippen LogP contribution in [0.5, 0.6) is 5.75 Å². The molecule has 0 aliphatic carbocycles. The van der Waals surface area contributed by atoms with E-state index in [2.05, 4.69) is 5.10 Å². The highest BCUT2D eigenvalue weighted by atomic mass is 32.2. The van der Waals surface area contributed by atoms with Crippen LogP contribution in [-0.2, 0) is 16.8 Å². The van der Waals surface area contributed by atoms with E-state index in [1.165, 1.54) is 30.5 Å². The zero-order chi connectivity index (χ0) is 20.1. The highest BCUT2D eigenvalue weighted by molar-refractivity contribution is 7.78. The standard InChI is InChI=1S/C20H19FN2O4S/c1-2-11-27-19-18(15-5-3-14(4-6-15)13-28(25)26)12-22-23(20(19)24)17-9-7-16(21)8-10-17/h3-10,12H,2,11,13H2,1H3,(H,25,26)/p-1. The minimum atomic E-state index is -2.17. The van der Waals surface area contributed by atoms with Gasteiger partial charge in [-0.15, -0.1) is 0 Å². The van der Waals surface area contributed by atoms with Crippen molar-refractivity contribution in [3.8, 4) is 22.6 Å². The first-order valence-corrected chi connectivity index (χ1v) is 9.90. The fraction of sp³-hybridized carbons (Fsp3) is 0.200. The van der Waals surface area contributed by atoms with Gasteiger partial charge in [0.15, 0.2) is 5.75 Å². The molecule has 28 heavy (non-hydrogen) atoms. The molecule has 0 aliphatic rings. The Bertz CT molecular complexity index is 1030. The second kappa shape index (κ2) is 8.90. The maximum absolute atomic E-state index is 13.2. The van der Waals surface area contributed by atoms with Crippen molar-refractivity contribution in [3.05, 3.63) is 76.5 Å². The molecule has 8 heteroatoms. The van der Waals surface area contributed by atoms with E-state index in [-0.39, 0.29) is 11.5 Å². The maximum Gasteiger partial charge on any atom is 0.314 e. The zero-order valence-electron chi connectivity index (χ0n) is 15.1. The Balaban J connectivity index is 2.05. The average Bonchev–Trinajstić information content (AvgIpc) is 2.68. The number of ether oxygens (including phenoxy) is 1. The Hall–Kier alpha value is -2.84. The third-order valence-electron chi connectivity index (χ3n) is 4.00. The highest BCUT2D eigenvalue weighted by Crippen LogP contribution is 2.27. The summed E-state index contributed by atoms with van der Waals surface area (Å²) in [5.74, 6) is -0.347. The van der Waals surface area contributed by atoms with Crippen LogP contribution >= 0.6 is 0 Å². The number of aromatic nitrogens is 2. The average molecular weight is 401 g/mol. The minimum Gasteiger partial charge on any atom is -0.772 e. The number of hydrogen-bond acceptors (Lipinski definition) is 5. The van der Waals surface area contributed by atoms with E-state index in [9.17, 15) is 17.9 Å². The van der Waals surface area contributed by atoms with Crippen LogP contribution in [0.25, 0.3) is 16.8 Å². The first-order valence-electron chi connectivity index (χ1n) is 8.66. The Labute approximate surface area is 163 Å². The second-order valence-electron chi connectivity index (χ2n) is 6.07. The van der Waals surface area contributed by atoms with Gasteiger partial charge in [0.2, 0.25) is 0 Å². The van der Waals surface area contributed by atoms with Crippen molar-refractivity contribution in [3.63, 3.8) is 0 Å². The number of rotatable bonds is 7. The van der Waals surface area contributed by atoms with E-state index < -0.39 is 22.5 Å². The van der Waals surface area contributed by atoms with Crippen LogP contribution in [0.1, 0.15) is 18.9 Å². The Kier molecular flexibility index (Phi) is 6.33. The third kappa shape index (κ3) is 4.52. The van der Waals surface area contributed by atoms with E-state index in [0.717, 1.165) is 4.68 Å². The van der Waals surface area contributed by atoms with Crippen LogP contribution in [0.2, 0.25) is 0 Å². The van der Waals surface area contributed by atoms with Gasteiger partial charge in [-0.05, 0) is 41.8 Å². The Morgan fingerprint density at radius 2 is 1.82 bits per heavy atom. The van der Waals surface area contributed by atoms with Crippen molar-refractivity contribution in [2.75, 3.05) is 6.61 Å². The Morgan fingerprint density at radius 1 is 1.14 bits per heavy atom. The normalized spacial score (nSPS) is 12.0. The molecule has 0 aliphatic heterocycles. The summed E-state index contributed by atoms with van der Waals surface area (Å²) in [6.07, 6.45) is 2.22. The van der Waals surface area contributed by atoms with Gasteiger partial charge in [0.05, 0.1) is 18.5 Å². The van der Waals surface area contributed by atoms with Crippen LogP contribution in [0.4, 0.5) is 4.39 Å². The molecule has 0 amide bonds. The maximum atomic E-state index is 13.2. The molecular weight excluding hydrogens is 383 g/mol. The van der Waals surface area contributed by atoms with Gasteiger partial charge in [-0.3, -0.25) is 9.00 Å². The predicted molar refractivity (Wildman–Crippen MR) is 104 cm³/mol. The summed E-state index contributed by atoms with van der Waals surface area (Å²) in [5, 5.41) is 4.20. The van der Waals surface area contributed by atoms with Crippen LogP contribution in [-0.4, -0.2) is 25.1 Å². The van der Waals surface area contributed by atoms with Gasteiger partial charge in [-0.25, -0.2) is 4.39 Å². The molecule has 3 rings (SSSR count). The monoisotopic (exact) mass is 401 g/mol. The van der Waals surface area contributed by atoms with Crippen molar-refractivity contribution >= 4 is 11.1 Å². The second-order valence-corrected chi connectivity index (χ2v) is 6.97. The molecule has 1 atom stereocenters. The van der Waals surface area contributed by atoms with Gasteiger partial charge < -0.3 is 9.29 Å². The lowest BCUT2D eigenvalue weighted by atomic mass is 10.1. The van der Waals surface area contributed by atoms with Gasteiger partial charge in [0, 0.05) is 11.3 Å². The molecule has 1 heterocycles. The molecule has 0 radical (unpaired) electrons. The molecular formula is C20H18FN2O4S-. The van der Waals surface area contributed by atoms with E-state index in [1.54, 1.807) is 24.3 Å². The number of hydrogen-bond donors (Lipinski definition) is 0. The summed E-state index contributed by atoms with van der Waals surface area (Å²) in [5.41, 5.74) is 1.80. The predicted octanol–water partition coefficient (Wildman–Crippen LogP) is 3.21. The van der Waals surface area contributed by atoms with Gasteiger partial charge >= 0.3 is 5.56 Å². The minimum absolute atomic E-state index is 0.0795. The van der Waals surface area contributed by atoms with Crippen molar-refractivity contribution in [2.24, 2.45) is 0 Å². The fourth-order valence-corrected chi connectivity index (χ4v) is 3.13. The molecule has 0 spiro atoms.